The molecule has 0 aliphatic carbocycles. The SMILES string of the molecule is COc1ccccc1NC(=O)CCN1C(=S)N[C@H](c2ccccn2)[C@@H]1c1cc(C)n(-c2ccc(C)cc2)c1C. The van der Waals surface area contributed by atoms with Gasteiger partial charge in [-0.05, 0) is 81.0 Å². The number of amides is 1. The van der Waals surface area contributed by atoms with E-state index in [9.17, 15) is 4.79 Å². The molecule has 200 valence electrons. The second-order valence-corrected chi connectivity index (χ2v) is 10.2. The van der Waals surface area contributed by atoms with Crippen LogP contribution < -0.4 is 15.4 Å². The first-order valence-electron chi connectivity index (χ1n) is 13.0. The molecule has 1 amide bonds. The smallest absolute Gasteiger partial charge is 0.226 e. The van der Waals surface area contributed by atoms with Crippen LogP contribution in [0.4, 0.5) is 5.69 Å². The Morgan fingerprint density at radius 1 is 1.05 bits per heavy atom. The highest BCUT2D eigenvalue weighted by molar-refractivity contribution is 7.80. The minimum absolute atomic E-state index is 0.104. The number of benzene rings is 2. The van der Waals surface area contributed by atoms with E-state index in [1.165, 1.54) is 5.56 Å². The first-order chi connectivity index (χ1) is 18.9. The van der Waals surface area contributed by atoms with Gasteiger partial charge in [0.2, 0.25) is 5.91 Å². The number of carbonyl (C=O) groups excluding carboxylic acids is 1. The molecular weight excluding hydrogens is 506 g/mol. The number of pyridine rings is 1. The Kier molecular flexibility index (Phi) is 7.65. The predicted octanol–water partition coefficient (Wildman–Crippen LogP) is 5.81. The Bertz CT molecular complexity index is 1480. The van der Waals surface area contributed by atoms with Crippen LogP contribution >= 0.6 is 12.2 Å². The molecular formula is C31H33N5O2S. The molecule has 1 fully saturated rings. The monoisotopic (exact) mass is 539 g/mol. The number of carbonyl (C=O) groups is 1. The van der Waals surface area contributed by atoms with Gasteiger partial charge in [0.1, 0.15) is 5.75 Å². The zero-order valence-electron chi connectivity index (χ0n) is 22.6. The first kappa shape index (κ1) is 26.4. The maximum Gasteiger partial charge on any atom is 0.226 e. The molecule has 4 aromatic rings. The minimum atomic E-state index is -0.150. The molecule has 1 aliphatic rings. The largest absolute Gasteiger partial charge is 0.495 e. The molecule has 1 saturated heterocycles. The van der Waals surface area contributed by atoms with Crippen LogP contribution in [0.2, 0.25) is 0 Å². The van der Waals surface area contributed by atoms with Gasteiger partial charge in [-0.15, -0.1) is 0 Å². The van der Waals surface area contributed by atoms with Gasteiger partial charge in [0.25, 0.3) is 0 Å². The maximum atomic E-state index is 13.0. The number of ether oxygens (including phenoxy) is 1. The lowest BCUT2D eigenvalue weighted by Crippen LogP contribution is -2.33. The zero-order chi connectivity index (χ0) is 27.5. The van der Waals surface area contributed by atoms with E-state index < -0.39 is 0 Å². The number of hydrogen-bond acceptors (Lipinski definition) is 4. The van der Waals surface area contributed by atoms with Crippen molar-refractivity contribution in [1.29, 1.82) is 0 Å². The molecule has 0 unspecified atom stereocenters. The van der Waals surface area contributed by atoms with Crippen LogP contribution in [0.5, 0.6) is 5.75 Å². The number of nitrogens with zero attached hydrogens (tertiary/aromatic N) is 3. The number of hydrogen-bond donors (Lipinski definition) is 2. The normalized spacial score (nSPS) is 16.7. The third-order valence-electron chi connectivity index (χ3n) is 7.24. The lowest BCUT2D eigenvalue weighted by atomic mass is 9.96. The van der Waals surface area contributed by atoms with Crippen molar-refractivity contribution in [1.82, 2.24) is 19.8 Å². The number of anilines is 1. The van der Waals surface area contributed by atoms with Crippen molar-refractivity contribution in [2.45, 2.75) is 39.3 Å². The Hall–Kier alpha value is -4.17. The van der Waals surface area contributed by atoms with Crippen LogP contribution in [0, 0.1) is 20.8 Å². The van der Waals surface area contributed by atoms with Crippen molar-refractivity contribution in [3.05, 3.63) is 107 Å². The van der Waals surface area contributed by atoms with E-state index >= 15 is 0 Å². The summed E-state index contributed by atoms with van der Waals surface area (Å²) in [5.41, 5.74) is 7.32. The Morgan fingerprint density at radius 2 is 1.79 bits per heavy atom. The topological polar surface area (TPSA) is 71.4 Å². The summed E-state index contributed by atoms with van der Waals surface area (Å²) in [6.07, 6.45) is 2.07. The van der Waals surface area contributed by atoms with Crippen LogP contribution in [0.3, 0.4) is 0 Å². The molecule has 1 aliphatic heterocycles. The lowest BCUT2D eigenvalue weighted by Gasteiger charge is -2.28. The maximum absolute atomic E-state index is 13.0. The van der Waals surface area contributed by atoms with Crippen molar-refractivity contribution in [2.24, 2.45) is 0 Å². The van der Waals surface area contributed by atoms with Crippen LogP contribution in [0.15, 0.2) is 79.0 Å². The summed E-state index contributed by atoms with van der Waals surface area (Å²) in [5.74, 6) is 0.522. The van der Waals surface area contributed by atoms with Gasteiger partial charge < -0.3 is 24.8 Å². The molecule has 5 rings (SSSR count). The van der Waals surface area contributed by atoms with Gasteiger partial charge in [0, 0.05) is 36.2 Å². The number of para-hydroxylation sites is 2. The van der Waals surface area contributed by atoms with Crippen molar-refractivity contribution < 1.29 is 9.53 Å². The minimum Gasteiger partial charge on any atom is -0.495 e. The average Bonchev–Trinajstić information content (AvgIpc) is 3.43. The molecule has 0 spiro atoms. The highest BCUT2D eigenvalue weighted by atomic mass is 32.1. The van der Waals surface area contributed by atoms with Crippen LogP contribution in [-0.2, 0) is 4.79 Å². The molecule has 0 radical (unpaired) electrons. The van der Waals surface area contributed by atoms with Crippen LogP contribution in [0.1, 0.15) is 46.7 Å². The zero-order valence-corrected chi connectivity index (χ0v) is 23.5. The summed E-state index contributed by atoms with van der Waals surface area (Å²) >= 11 is 5.84. The highest BCUT2D eigenvalue weighted by Crippen LogP contribution is 2.41. The van der Waals surface area contributed by atoms with Crippen molar-refractivity contribution in [3.63, 3.8) is 0 Å². The van der Waals surface area contributed by atoms with Crippen LogP contribution in [0.25, 0.3) is 5.69 Å². The summed E-state index contributed by atoms with van der Waals surface area (Å²) < 4.78 is 7.66. The van der Waals surface area contributed by atoms with Crippen molar-refractivity contribution in [2.75, 3.05) is 19.0 Å². The first-order valence-corrected chi connectivity index (χ1v) is 13.4. The molecule has 8 heteroatoms. The molecule has 7 nitrogen and oxygen atoms in total. The Labute approximate surface area is 234 Å². The number of nitrogens with one attached hydrogen (secondary N) is 2. The van der Waals surface area contributed by atoms with E-state index in [-0.39, 0.29) is 24.4 Å². The fourth-order valence-corrected chi connectivity index (χ4v) is 5.68. The van der Waals surface area contributed by atoms with E-state index in [0.717, 1.165) is 28.3 Å². The number of methoxy groups -OCH3 is 1. The molecule has 0 saturated carbocycles. The highest BCUT2D eigenvalue weighted by Gasteiger charge is 2.41. The van der Waals surface area contributed by atoms with Gasteiger partial charge in [-0.25, -0.2) is 0 Å². The lowest BCUT2D eigenvalue weighted by molar-refractivity contribution is -0.116. The van der Waals surface area contributed by atoms with E-state index in [1.54, 1.807) is 13.3 Å². The van der Waals surface area contributed by atoms with Gasteiger partial charge >= 0.3 is 0 Å². The number of thiocarbonyl (C=S) groups is 1. The summed E-state index contributed by atoms with van der Waals surface area (Å²) in [6.45, 7) is 6.81. The van der Waals surface area contributed by atoms with Gasteiger partial charge in [-0.3, -0.25) is 9.78 Å². The van der Waals surface area contributed by atoms with Gasteiger partial charge in [-0.1, -0.05) is 35.9 Å². The van der Waals surface area contributed by atoms with Gasteiger partial charge in [-0.2, -0.15) is 0 Å². The van der Waals surface area contributed by atoms with E-state index in [1.807, 2.05) is 42.5 Å². The second-order valence-electron chi connectivity index (χ2n) is 9.82. The Morgan fingerprint density at radius 3 is 2.51 bits per heavy atom. The summed E-state index contributed by atoms with van der Waals surface area (Å²) in [5, 5.41) is 7.09. The average molecular weight is 540 g/mol. The van der Waals surface area contributed by atoms with Gasteiger partial charge in [0.05, 0.1) is 30.6 Å². The fraction of sp³-hybridized carbons (Fsp3) is 0.258. The Balaban J connectivity index is 1.46. The summed E-state index contributed by atoms with van der Waals surface area (Å²) in [4.78, 5) is 19.8. The third-order valence-corrected chi connectivity index (χ3v) is 7.59. The predicted molar refractivity (Wildman–Crippen MR) is 158 cm³/mol. The molecule has 3 heterocycles. The number of aromatic nitrogens is 2. The summed E-state index contributed by atoms with van der Waals surface area (Å²) in [7, 11) is 1.59. The van der Waals surface area contributed by atoms with E-state index in [0.29, 0.717) is 23.1 Å². The second kappa shape index (κ2) is 11.3. The molecule has 2 N–H and O–H groups in total. The van der Waals surface area contributed by atoms with Crippen molar-refractivity contribution in [3.8, 4) is 11.4 Å². The molecule has 2 atom stereocenters. The molecule has 0 bridgehead atoms. The van der Waals surface area contributed by atoms with Crippen molar-refractivity contribution >= 4 is 28.9 Å². The van der Waals surface area contributed by atoms with E-state index in [4.69, 9.17) is 17.0 Å². The standard InChI is InChI=1S/C31H33N5O2S/c1-20-12-14-23(15-13-20)36-21(2)19-24(22(36)3)30-29(26-10-7-8-17-32-26)34-31(39)35(30)18-16-28(37)33-25-9-5-6-11-27(25)38-4/h5-15,17,19,29-30H,16,18H2,1-4H3,(H,33,37)(H,34,39)/t29-,30+/m1/s1. The molecule has 2 aromatic carbocycles. The summed E-state index contributed by atoms with van der Waals surface area (Å²) in [6, 6.07) is 23.8. The number of rotatable bonds is 8. The number of aryl methyl sites for hydroxylation is 2. The fourth-order valence-electron chi connectivity index (χ4n) is 5.35. The quantitative estimate of drug-likeness (QED) is 0.276. The van der Waals surface area contributed by atoms with Crippen LogP contribution in [-0.4, -0.2) is 39.1 Å². The molecule has 2 aromatic heterocycles. The van der Waals surface area contributed by atoms with E-state index in [2.05, 4.69) is 76.2 Å². The van der Waals surface area contributed by atoms with Gasteiger partial charge in [0.15, 0.2) is 5.11 Å². The third kappa shape index (κ3) is 5.38. The molecule has 39 heavy (non-hydrogen) atoms.